The lowest BCUT2D eigenvalue weighted by Gasteiger charge is -2.17. The van der Waals surface area contributed by atoms with Crippen molar-refractivity contribution in [3.8, 4) is 5.75 Å². The third-order valence-corrected chi connectivity index (χ3v) is 4.97. The van der Waals surface area contributed by atoms with Crippen molar-refractivity contribution in [2.24, 2.45) is 0 Å². The predicted octanol–water partition coefficient (Wildman–Crippen LogP) is 4.97. The van der Waals surface area contributed by atoms with Crippen molar-refractivity contribution in [1.82, 2.24) is 5.32 Å². The van der Waals surface area contributed by atoms with Gasteiger partial charge >= 0.3 is 0 Å². The van der Waals surface area contributed by atoms with Gasteiger partial charge in [-0.3, -0.25) is 4.79 Å². The molecule has 2 aromatic carbocycles. The van der Waals surface area contributed by atoms with E-state index in [1.807, 2.05) is 31.2 Å². The van der Waals surface area contributed by atoms with Crippen molar-refractivity contribution >= 4 is 40.9 Å². The Labute approximate surface area is 150 Å². The fourth-order valence-corrected chi connectivity index (χ4v) is 3.42. The Bertz CT molecular complexity index is 694. The van der Waals surface area contributed by atoms with Gasteiger partial charge in [-0.1, -0.05) is 41.4 Å². The van der Waals surface area contributed by atoms with Crippen molar-refractivity contribution in [2.75, 3.05) is 12.9 Å². The van der Waals surface area contributed by atoms with Gasteiger partial charge in [-0.2, -0.15) is 0 Å². The highest BCUT2D eigenvalue weighted by molar-refractivity contribution is 8.00. The van der Waals surface area contributed by atoms with Crippen molar-refractivity contribution < 1.29 is 9.53 Å². The zero-order valence-electron chi connectivity index (χ0n) is 12.8. The number of thioether (sulfide) groups is 1. The molecule has 0 aliphatic carbocycles. The number of hydrogen-bond donors (Lipinski definition) is 1. The SMILES string of the molecule is COc1ccccc1[C@@H](C)NC(=O)CSc1cc(Cl)ccc1Cl. The summed E-state index contributed by atoms with van der Waals surface area (Å²) < 4.78 is 5.32. The Morgan fingerprint density at radius 3 is 2.74 bits per heavy atom. The minimum atomic E-state index is -0.144. The summed E-state index contributed by atoms with van der Waals surface area (Å²) in [5.74, 6) is 0.940. The van der Waals surface area contributed by atoms with Crippen LogP contribution in [0.3, 0.4) is 0 Å². The molecule has 0 saturated heterocycles. The largest absolute Gasteiger partial charge is 0.496 e. The van der Waals surface area contributed by atoms with Crippen LogP contribution >= 0.6 is 35.0 Å². The Morgan fingerprint density at radius 2 is 2.00 bits per heavy atom. The smallest absolute Gasteiger partial charge is 0.230 e. The van der Waals surface area contributed by atoms with Gasteiger partial charge in [-0.25, -0.2) is 0 Å². The van der Waals surface area contributed by atoms with E-state index in [9.17, 15) is 4.79 Å². The molecule has 2 rings (SSSR count). The minimum Gasteiger partial charge on any atom is -0.496 e. The number of nitrogens with one attached hydrogen (secondary N) is 1. The molecule has 0 fully saturated rings. The van der Waals surface area contributed by atoms with Gasteiger partial charge in [0.2, 0.25) is 5.91 Å². The summed E-state index contributed by atoms with van der Waals surface area (Å²) in [6.07, 6.45) is 0. The number of carbonyl (C=O) groups is 1. The van der Waals surface area contributed by atoms with Gasteiger partial charge in [-0.15, -0.1) is 11.8 Å². The number of amides is 1. The first-order valence-corrected chi connectivity index (χ1v) is 8.75. The molecule has 0 spiro atoms. The molecule has 0 aliphatic rings. The molecule has 0 bridgehead atoms. The first-order valence-electron chi connectivity index (χ1n) is 7.01. The van der Waals surface area contributed by atoms with Crippen LogP contribution in [0.4, 0.5) is 0 Å². The maximum Gasteiger partial charge on any atom is 0.230 e. The first kappa shape index (κ1) is 18.0. The Balaban J connectivity index is 1.95. The molecule has 0 radical (unpaired) electrons. The summed E-state index contributed by atoms with van der Waals surface area (Å²) in [5, 5.41) is 4.14. The summed E-state index contributed by atoms with van der Waals surface area (Å²) >= 11 is 13.4. The van der Waals surface area contributed by atoms with E-state index in [0.717, 1.165) is 16.2 Å². The summed E-state index contributed by atoms with van der Waals surface area (Å²) in [6.45, 7) is 1.92. The fourth-order valence-electron chi connectivity index (χ4n) is 2.12. The number of para-hydroxylation sites is 1. The number of methoxy groups -OCH3 is 1. The van der Waals surface area contributed by atoms with E-state index in [-0.39, 0.29) is 17.7 Å². The number of carbonyl (C=O) groups excluding carboxylic acids is 1. The van der Waals surface area contributed by atoms with Gasteiger partial charge in [0.05, 0.1) is 23.9 Å². The van der Waals surface area contributed by atoms with Gasteiger partial charge in [0.25, 0.3) is 0 Å². The maximum absolute atomic E-state index is 12.1. The molecule has 6 heteroatoms. The lowest BCUT2D eigenvalue weighted by Crippen LogP contribution is -2.28. The quantitative estimate of drug-likeness (QED) is 0.730. The van der Waals surface area contributed by atoms with E-state index in [4.69, 9.17) is 27.9 Å². The molecular formula is C17H17Cl2NO2S. The highest BCUT2D eigenvalue weighted by Gasteiger charge is 2.14. The molecular weight excluding hydrogens is 353 g/mol. The standard InChI is InChI=1S/C17H17Cl2NO2S/c1-11(13-5-3-4-6-15(13)22-2)20-17(21)10-23-16-9-12(18)7-8-14(16)19/h3-9,11H,10H2,1-2H3,(H,20,21)/t11-/m1/s1. The van der Waals surface area contributed by atoms with E-state index in [1.165, 1.54) is 11.8 Å². The van der Waals surface area contributed by atoms with E-state index >= 15 is 0 Å². The Kier molecular flexibility index (Phi) is 6.63. The molecule has 1 atom stereocenters. The predicted molar refractivity (Wildman–Crippen MR) is 96.7 cm³/mol. The van der Waals surface area contributed by atoms with Crippen LogP contribution in [-0.2, 0) is 4.79 Å². The highest BCUT2D eigenvalue weighted by Crippen LogP contribution is 2.30. The Hall–Kier alpha value is -1.36. The summed E-state index contributed by atoms with van der Waals surface area (Å²) in [5.41, 5.74) is 0.939. The van der Waals surface area contributed by atoms with Crippen molar-refractivity contribution in [3.05, 3.63) is 58.1 Å². The number of halogens is 2. The number of rotatable bonds is 6. The number of hydrogen-bond acceptors (Lipinski definition) is 3. The van der Waals surface area contributed by atoms with Crippen LogP contribution in [0, 0.1) is 0 Å². The molecule has 0 heterocycles. The molecule has 122 valence electrons. The van der Waals surface area contributed by atoms with Gasteiger partial charge < -0.3 is 10.1 Å². The summed E-state index contributed by atoms with van der Waals surface area (Å²) in [7, 11) is 1.62. The highest BCUT2D eigenvalue weighted by atomic mass is 35.5. The summed E-state index contributed by atoms with van der Waals surface area (Å²) in [6, 6.07) is 12.7. The zero-order chi connectivity index (χ0) is 16.8. The van der Waals surface area contributed by atoms with Crippen LogP contribution < -0.4 is 10.1 Å². The fraction of sp³-hybridized carbons (Fsp3) is 0.235. The van der Waals surface area contributed by atoms with Gasteiger partial charge in [0.1, 0.15) is 5.75 Å². The van der Waals surface area contributed by atoms with Crippen LogP contribution in [0.15, 0.2) is 47.4 Å². The molecule has 0 unspecified atom stereocenters. The van der Waals surface area contributed by atoms with E-state index in [0.29, 0.717) is 10.0 Å². The Morgan fingerprint density at radius 1 is 1.26 bits per heavy atom. The van der Waals surface area contributed by atoms with Gasteiger partial charge in [-0.05, 0) is 31.2 Å². The second-order valence-electron chi connectivity index (χ2n) is 4.89. The average molecular weight is 370 g/mol. The lowest BCUT2D eigenvalue weighted by atomic mass is 10.1. The number of benzene rings is 2. The van der Waals surface area contributed by atoms with E-state index in [1.54, 1.807) is 25.3 Å². The van der Waals surface area contributed by atoms with E-state index in [2.05, 4.69) is 5.32 Å². The zero-order valence-corrected chi connectivity index (χ0v) is 15.1. The van der Waals surface area contributed by atoms with Crippen LogP contribution in [0.25, 0.3) is 0 Å². The normalized spacial score (nSPS) is 11.8. The molecule has 0 aromatic heterocycles. The second kappa shape index (κ2) is 8.48. The molecule has 2 aromatic rings. The first-order chi connectivity index (χ1) is 11.0. The molecule has 0 saturated carbocycles. The van der Waals surface area contributed by atoms with Crippen molar-refractivity contribution in [3.63, 3.8) is 0 Å². The lowest BCUT2D eigenvalue weighted by molar-refractivity contribution is -0.119. The van der Waals surface area contributed by atoms with Crippen LogP contribution in [-0.4, -0.2) is 18.8 Å². The maximum atomic E-state index is 12.1. The third-order valence-electron chi connectivity index (χ3n) is 3.23. The molecule has 0 aliphatic heterocycles. The van der Waals surface area contributed by atoms with Gasteiger partial charge in [0, 0.05) is 15.5 Å². The minimum absolute atomic E-state index is 0.0792. The molecule has 3 nitrogen and oxygen atoms in total. The van der Waals surface area contributed by atoms with Gasteiger partial charge in [0.15, 0.2) is 0 Å². The number of ether oxygens (including phenoxy) is 1. The van der Waals surface area contributed by atoms with Crippen LogP contribution in [0.1, 0.15) is 18.5 Å². The average Bonchev–Trinajstić information content (AvgIpc) is 2.55. The second-order valence-corrected chi connectivity index (χ2v) is 6.76. The van der Waals surface area contributed by atoms with E-state index < -0.39 is 0 Å². The van der Waals surface area contributed by atoms with Crippen molar-refractivity contribution in [1.29, 1.82) is 0 Å². The molecule has 1 amide bonds. The monoisotopic (exact) mass is 369 g/mol. The summed E-state index contributed by atoms with van der Waals surface area (Å²) in [4.78, 5) is 12.9. The third kappa shape index (κ3) is 5.06. The molecule has 1 N–H and O–H groups in total. The van der Waals surface area contributed by atoms with Crippen LogP contribution in [0.5, 0.6) is 5.75 Å². The molecule has 23 heavy (non-hydrogen) atoms. The van der Waals surface area contributed by atoms with Crippen LogP contribution in [0.2, 0.25) is 10.0 Å². The topological polar surface area (TPSA) is 38.3 Å². The van der Waals surface area contributed by atoms with Crippen molar-refractivity contribution in [2.45, 2.75) is 17.9 Å².